The molecular weight excluding hydrogens is 235 g/mol. The Bertz CT molecular complexity index is 253. The molecule has 0 saturated heterocycles. The lowest BCUT2D eigenvalue weighted by molar-refractivity contribution is 0.839. The van der Waals surface area contributed by atoms with Crippen molar-refractivity contribution in [2.45, 2.75) is 85.0 Å². The van der Waals surface area contributed by atoms with E-state index in [9.17, 15) is 0 Å². The highest BCUT2D eigenvalue weighted by atomic mass is 31.1. The fourth-order valence-electron chi connectivity index (χ4n) is 2.79. The molecule has 0 nitrogen and oxygen atoms in total. The van der Waals surface area contributed by atoms with E-state index < -0.39 is 0 Å². The molecule has 0 aliphatic rings. The summed E-state index contributed by atoms with van der Waals surface area (Å²) in [5.41, 5.74) is 3.30. The summed E-state index contributed by atoms with van der Waals surface area (Å²) in [6, 6.07) is 0. The highest BCUT2D eigenvalue weighted by Crippen LogP contribution is 2.56. The normalized spacial score (nSPS) is 13.4. The first-order valence-electron chi connectivity index (χ1n) is 7.59. The van der Waals surface area contributed by atoms with Gasteiger partial charge in [-0.25, -0.2) is 0 Å². The molecule has 0 aliphatic carbocycles. The van der Waals surface area contributed by atoms with Gasteiger partial charge in [0.1, 0.15) is 0 Å². The molecule has 0 radical (unpaired) electrons. The summed E-state index contributed by atoms with van der Waals surface area (Å²) in [6.45, 7) is 18.2. The lowest BCUT2D eigenvalue weighted by Gasteiger charge is -2.31. The molecule has 1 heteroatoms. The summed E-state index contributed by atoms with van der Waals surface area (Å²) in [4.78, 5) is 0. The van der Waals surface area contributed by atoms with Gasteiger partial charge in [-0.2, -0.15) is 0 Å². The molecule has 0 fully saturated rings. The predicted molar refractivity (Wildman–Crippen MR) is 88.8 cm³/mol. The van der Waals surface area contributed by atoms with E-state index in [-0.39, 0.29) is 7.92 Å². The number of allylic oxidation sites excluding steroid dienone is 3. The Hall–Kier alpha value is -0.0900. The molecule has 0 spiro atoms. The van der Waals surface area contributed by atoms with Crippen LogP contribution in [-0.4, -0.2) is 11.3 Å². The van der Waals surface area contributed by atoms with Crippen LogP contribution in [0, 0.1) is 0 Å². The molecule has 0 amide bonds. The SMILES string of the molecule is C=CC/C(CCC)=C(/CCC)P(C(C)C)C(C)C. The van der Waals surface area contributed by atoms with Crippen LogP contribution in [0.3, 0.4) is 0 Å². The van der Waals surface area contributed by atoms with E-state index in [0.29, 0.717) is 0 Å². The lowest BCUT2D eigenvalue weighted by atomic mass is 10.1. The van der Waals surface area contributed by atoms with Crippen molar-refractivity contribution >= 4 is 7.92 Å². The summed E-state index contributed by atoms with van der Waals surface area (Å²) >= 11 is 0. The smallest absolute Gasteiger partial charge is 0.0135 e. The average molecular weight is 268 g/mol. The minimum absolute atomic E-state index is 0.0214. The molecule has 0 aliphatic heterocycles. The molecule has 0 aromatic heterocycles. The van der Waals surface area contributed by atoms with E-state index in [1.165, 1.54) is 25.7 Å². The van der Waals surface area contributed by atoms with Gasteiger partial charge in [0.15, 0.2) is 0 Å². The molecule has 18 heavy (non-hydrogen) atoms. The Morgan fingerprint density at radius 1 is 1.00 bits per heavy atom. The maximum atomic E-state index is 3.95. The van der Waals surface area contributed by atoms with Crippen LogP contribution in [0.4, 0.5) is 0 Å². The fourth-order valence-corrected chi connectivity index (χ4v) is 6.27. The van der Waals surface area contributed by atoms with Crippen LogP contribution in [0.15, 0.2) is 23.5 Å². The van der Waals surface area contributed by atoms with Crippen molar-refractivity contribution in [1.82, 2.24) is 0 Å². The van der Waals surface area contributed by atoms with Gasteiger partial charge in [0.2, 0.25) is 0 Å². The van der Waals surface area contributed by atoms with Gasteiger partial charge in [0.25, 0.3) is 0 Å². The zero-order chi connectivity index (χ0) is 14.1. The van der Waals surface area contributed by atoms with Crippen LogP contribution in [0.1, 0.15) is 73.6 Å². The molecular formula is C17H33P. The van der Waals surface area contributed by atoms with Gasteiger partial charge in [-0.05, 0) is 35.9 Å². The second-order valence-electron chi connectivity index (χ2n) is 5.64. The lowest BCUT2D eigenvalue weighted by Crippen LogP contribution is -2.07. The van der Waals surface area contributed by atoms with E-state index in [1.807, 2.05) is 0 Å². The van der Waals surface area contributed by atoms with Crippen molar-refractivity contribution in [1.29, 1.82) is 0 Å². The van der Waals surface area contributed by atoms with Crippen molar-refractivity contribution in [3.05, 3.63) is 23.5 Å². The van der Waals surface area contributed by atoms with Crippen molar-refractivity contribution in [2.75, 3.05) is 0 Å². The molecule has 0 rings (SSSR count). The van der Waals surface area contributed by atoms with E-state index in [1.54, 1.807) is 10.9 Å². The molecule has 106 valence electrons. The number of rotatable bonds is 9. The van der Waals surface area contributed by atoms with Crippen LogP contribution in [-0.2, 0) is 0 Å². The van der Waals surface area contributed by atoms with E-state index in [2.05, 4.69) is 54.2 Å². The van der Waals surface area contributed by atoms with Crippen molar-refractivity contribution < 1.29 is 0 Å². The first kappa shape index (κ1) is 17.9. The number of hydrogen-bond acceptors (Lipinski definition) is 0. The molecule has 0 N–H and O–H groups in total. The van der Waals surface area contributed by atoms with E-state index >= 15 is 0 Å². The largest absolute Gasteiger partial charge is 0.103 e. The summed E-state index contributed by atoms with van der Waals surface area (Å²) in [7, 11) is 0.0214. The van der Waals surface area contributed by atoms with Crippen LogP contribution in [0.25, 0.3) is 0 Å². The topological polar surface area (TPSA) is 0 Å². The van der Waals surface area contributed by atoms with Gasteiger partial charge in [-0.1, -0.05) is 74.0 Å². The molecule has 0 bridgehead atoms. The standard InChI is InChI=1S/C17H33P/c1-8-11-16(12-9-2)17(13-10-3)18(14(4)5)15(6)7/h8,14-15H,1,9-13H2,2-7H3/b17-16+. The second-order valence-corrected chi connectivity index (χ2v) is 9.06. The average Bonchev–Trinajstić information content (AvgIpc) is 2.27. The van der Waals surface area contributed by atoms with Gasteiger partial charge in [-0.3, -0.25) is 0 Å². The van der Waals surface area contributed by atoms with Crippen molar-refractivity contribution in [3.8, 4) is 0 Å². The predicted octanol–water partition coefficient (Wildman–Crippen LogP) is 6.72. The zero-order valence-corrected chi connectivity index (χ0v) is 14.3. The van der Waals surface area contributed by atoms with Crippen LogP contribution >= 0.6 is 7.92 Å². The van der Waals surface area contributed by atoms with Gasteiger partial charge < -0.3 is 0 Å². The Labute approximate surface area is 117 Å². The van der Waals surface area contributed by atoms with Crippen LogP contribution in [0.5, 0.6) is 0 Å². The monoisotopic (exact) mass is 268 g/mol. The molecule has 0 atom stereocenters. The van der Waals surface area contributed by atoms with Crippen molar-refractivity contribution in [3.63, 3.8) is 0 Å². The van der Waals surface area contributed by atoms with E-state index in [0.717, 1.165) is 17.7 Å². The van der Waals surface area contributed by atoms with Gasteiger partial charge in [-0.15, -0.1) is 6.58 Å². The van der Waals surface area contributed by atoms with Gasteiger partial charge in [0, 0.05) is 0 Å². The van der Waals surface area contributed by atoms with Gasteiger partial charge in [0.05, 0.1) is 0 Å². The summed E-state index contributed by atoms with van der Waals surface area (Å²) < 4.78 is 0. The first-order valence-corrected chi connectivity index (χ1v) is 9.07. The summed E-state index contributed by atoms with van der Waals surface area (Å²) in [5, 5.41) is 1.80. The second kappa shape index (κ2) is 9.79. The summed E-state index contributed by atoms with van der Waals surface area (Å²) in [6.07, 6.45) is 8.29. The highest BCUT2D eigenvalue weighted by Gasteiger charge is 2.22. The van der Waals surface area contributed by atoms with Crippen LogP contribution < -0.4 is 0 Å². The fraction of sp³-hybridized carbons (Fsp3) is 0.765. The molecule has 0 saturated carbocycles. The molecule has 0 unspecified atom stereocenters. The van der Waals surface area contributed by atoms with Crippen molar-refractivity contribution in [2.24, 2.45) is 0 Å². The maximum Gasteiger partial charge on any atom is -0.0135 e. The highest BCUT2D eigenvalue weighted by molar-refractivity contribution is 7.63. The third kappa shape index (κ3) is 5.70. The zero-order valence-electron chi connectivity index (χ0n) is 13.4. The Balaban J connectivity index is 5.41. The quantitative estimate of drug-likeness (QED) is 0.322. The molecule has 0 aromatic carbocycles. The Kier molecular flexibility index (Phi) is 9.74. The first-order chi connectivity index (χ1) is 8.49. The van der Waals surface area contributed by atoms with Gasteiger partial charge >= 0.3 is 0 Å². The summed E-state index contributed by atoms with van der Waals surface area (Å²) in [5.74, 6) is 0. The van der Waals surface area contributed by atoms with Crippen LogP contribution in [0.2, 0.25) is 0 Å². The minimum Gasteiger partial charge on any atom is -0.103 e. The Morgan fingerprint density at radius 2 is 1.50 bits per heavy atom. The molecule has 0 aromatic rings. The third-order valence-corrected chi connectivity index (χ3v) is 6.65. The van der Waals surface area contributed by atoms with E-state index in [4.69, 9.17) is 0 Å². The molecule has 0 heterocycles. The minimum atomic E-state index is 0.0214. The Morgan fingerprint density at radius 3 is 1.83 bits per heavy atom. The maximum absolute atomic E-state index is 3.95. The third-order valence-electron chi connectivity index (χ3n) is 3.26. The number of hydrogen-bond donors (Lipinski definition) is 0.